The molecule has 0 spiro atoms. The fourth-order valence-corrected chi connectivity index (χ4v) is 16.2. The molecule has 0 saturated carbocycles. The maximum Gasteiger partial charge on any atom is 0.317 e. The second-order valence-corrected chi connectivity index (χ2v) is 23.5. The lowest BCUT2D eigenvalue weighted by Gasteiger charge is -2.42. The van der Waals surface area contributed by atoms with Crippen molar-refractivity contribution in [1.29, 1.82) is 0 Å². The molecule has 43 heavy (non-hydrogen) atoms. The number of esters is 5. The predicted molar refractivity (Wildman–Crippen MR) is 163 cm³/mol. The molecule has 11 nitrogen and oxygen atoms in total. The molecule has 0 amide bonds. The Morgan fingerprint density at radius 2 is 1.44 bits per heavy atom. The van der Waals surface area contributed by atoms with Crippen LogP contribution in [0.25, 0.3) is 0 Å². The maximum atomic E-state index is 13.2. The van der Waals surface area contributed by atoms with Gasteiger partial charge in [-0.2, -0.15) is 0 Å². The molecule has 0 aliphatic carbocycles. The lowest BCUT2D eigenvalue weighted by atomic mass is 9.76. The molecule has 0 aromatic heterocycles. The van der Waals surface area contributed by atoms with Gasteiger partial charge in [0.25, 0.3) is 0 Å². The largest absolute Gasteiger partial charge is 0.469 e. The Bertz CT molecular complexity index is 1030. The third-order valence-corrected chi connectivity index (χ3v) is 15.1. The van der Waals surface area contributed by atoms with Gasteiger partial charge in [-0.1, -0.05) is 0 Å². The van der Waals surface area contributed by atoms with Gasteiger partial charge in [-0.15, -0.1) is 0 Å². The van der Waals surface area contributed by atoms with Gasteiger partial charge in [0.15, 0.2) is 16.6 Å². The van der Waals surface area contributed by atoms with Gasteiger partial charge in [-0.25, -0.2) is 0 Å². The summed E-state index contributed by atoms with van der Waals surface area (Å²) in [6.45, 7) is 19.0. The minimum Gasteiger partial charge on any atom is -0.469 e. The number of carbonyl (C=O) groups is 5. The monoisotopic (exact) mass is 644 g/mol. The van der Waals surface area contributed by atoms with Gasteiger partial charge in [-0.05, 0) is 99.1 Å². The van der Waals surface area contributed by atoms with E-state index in [1.165, 1.54) is 7.11 Å². The molecule has 0 aromatic rings. The highest BCUT2D eigenvalue weighted by atomic mass is 28.4. The van der Waals surface area contributed by atoms with Crippen molar-refractivity contribution in [1.82, 2.24) is 0 Å². The summed E-state index contributed by atoms with van der Waals surface area (Å²) >= 11 is 0. The van der Waals surface area contributed by atoms with E-state index >= 15 is 0 Å². The van der Waals surface area contributed by atoms with Crippen LogP contribution in [0, 0.1) is 29.1 Å². The van der Waals surface area contributed by atoms with E-state index in [1.54, 1.807) is 41.5 Å². The SMILES string of the molecule is COC(=O)C(C)(C)CC(CC1C(=O)OC(=O)C1CC(C)OCCOC(=O)C1C[Si](C)(C)O[Si](C)(C)C1)C(=O)OC(C)(C)C. The maximum absolute atomic E-state index is 13.2. The quantitative estimate of drug-likeness (QED) is 0.0911. The third kappa shape index (κ3) is 11.4. The van der Waals surface area contributed by atoms with Crippen LogP contribution in [0.15, 0.2) is 0 Å². The number of carbonyl (C=O) groups excluding carboxylic acids is 5. The fourth-order valence-electron chi connectivity index (χ4n) is 6.22. The van der Waals surface area contributed by atoms with E-state index < -0.39 is 75.4 Å². The van der Waals surface area contributed by atoms with Gasteiger partial charge in [0.1, 0.15) is 12.2 Å². The van der Waals surface area contributed by atoms with E-state index in [0.29, 0.717) is 0 Å². The van der Waals surface area contributed by atoms with Crippen LogP contribution in [-0.4, -0.2) is 78.5 Å². The molecule has 2 heterocycles. The summed E-state index contributed by atoms with van der Waals surface area (Å²) in [6.07, 6.45) is -0.260. The Kier molecular flexibility index (Phi) is 12.4. The van der Waals surface area contributed by atoms with Crippen molar-refractivity contribution in [2.24, 2.45) is 29.1 Å². The highest BCUT2D eigenvalue weighted by Gasteiger charge is 2.48. The third-order valence-electron chi connectivity index (χ3n) is 7.74. The molecule has 4 atom stereocenters. The van der Waals surface area contributed by atoms with Crippen LogP contribution in [-0.2, 0) is 51.8 Å². The van der Waals surface area contributed by atoms with E-state index in [2.05, 4.69) is 26.2 Å². The summed E-state index contributed by atoms with van der Waals surface area (Å²) in [6, 6.07) is 1.47. The molecule has 4 unspecified atom stereocenters. The zero-order valence-corrected chi connectivity index (χ0v) is 29.8. The number of ether oxygens (including phenoxy) is 5. The van der Waals surface area contributed by atoms with Crippen molar-refractivity contribution in [3.8, 4) is 0 Å². The summed E-state index contributed by atoms with van der Waals surface area (Å²) in [5.74, 6) is -5.44. The zero-order chi connectivity index (χ0) is 33.0. The van der Waals surface area contributed by atoms with E-state index in [-0.39, 0.29) is 44.4 Å². The Balaban J connectivity index is 2.01. The van der Waals surface area contributed by atoms with Crippen LogP contribution in [0.5, 0.6) is 0 Å². The van der Waals surface area contributed by atoms with Crippen molar-refractivity contribution >= 4 is 46.5 Å². The molecule has 246 valence electrons. The number of methoxy groups -OCH3 is 1. The lowest BCUT2D eigenvalue weighted by Crippen LogP contribution is -2.52. The van der Waals surface area contributed by atoms with Crippen molar-refractivity contribution in [3.05, 3.63) is 0 Å². The van der Waals surface area contributed by atoms with E-state index in [0.717, 1.165) is 12.1 Å². The summed E-state index contributed by atoms with van der Waals surface area (Å²) in [7, 11) is -2.53. The van der Waals surface area contributed by atoms with Crippen LogP contribution in [0.4, 0.5) is 0 Å². The Morgan fingerprint density at radius 1 is 0.907 bits per heavy atom. The molecule has 2 rings (SSSR count). The predicted octanol–water partition coefficient (Wildman–Crippen LogP) is 4.63. The molecule has 0 aromatic carbocycles. The van der Waals surface area contributed by atoms with Crippen LogP contribution in [0.1, 0.15) is 60.8 Å². The second kappa shape index (κ2) is 14.3. The highest BCUT2D eigenvalue weighted by molar-refractivity contribution is 6.86. The standard InChI is InChI=1S/C30H52O11Si2/c1-19(37-12-13-38-24(31)21-17-42(8,9)41-43(10,11)18-21)14-22-23(27(34)39-26(22)33)15-20(25(32)40-29(2,3)4)16-30(5,6)28(35)36-7/h19-23H,12-18H2,1-11H3. The molecule has 0 radical (unpaired) electrons. The molecule has 2 aliphatic heterocycles. The van der Waals surface area contributed by atoms with Crippen molar-refractivity contribution < 1.29 is 51.8 Å². The average molecular weight is 645 g/mol. The Hall–Kier alpha value is -2.10. The first-order valence-corrected chi connectivity index (χ1v) is 21.3. The van der Waals surface area contributed by atoms with Crippen molar-refractivity contribution in [2.45, 2.75) is 111 Å². The molecular formula is C30H52O11Si2. The topological polar surface area (TPSA) is 141 Å². The molecule has 13 heteroatoms. The minimum absolute atomic E-state index is 0.0284. The van der Waals surface area contributed by atoms with E-state index in [9.17, 15) is 24.0 Å². The molecule has 0 bridgehead atoms. The minimum atomic E-state index is -1.90. The fraction of sp³-hybridized carbons (Fsp3) is 0.833. The number of hydrogen-bond acceptors (Lipinski definition) is 11. The summed E-state index contributed by atoms with van der Waals surface area (Å²) in [5.41, 5.74) is -1.82. The highest BCUT2D eigenvalue weighted by Crippen LogP contribution is 2.39. The van der Waals surface area contributed by atoms with E-state index in [1.807, 2.05) is 0 Å². The van der Waals surface area contributed by atoms with Gasteiger partial charge in [0.05, 0.1) is 48.9 Å². The molecular weight excluding hydrogens is 592 g/mol. The smallest absolute Gasteiger partial charge is 0.317 e. The number of cyclic esters (lactones) is 2. The number of rotatable bonds is 13. The Labute approximate surface area is 258 Å². The van der Waals surface area contributed by atoms with E-state index in [4.69, 9.17) is 27.8 Å². The van der Waals surface area contributed by atoms with Crippen LogP contribution in [0.2, 0.25) is 38.3 Å². The van der Waals surface area contributed by atoms with Gasteiger partial charge in [0.2, 0.25) is 0 Å². The first kappa shape index (κ1) is 37.1. The van der Waals surface area contributed by atoms with Crippen molar-refractivity contribution in [3.63, 3.8) is 0 Å². The summed E-state index contributed by atoms with van der Waals surface area (Å²) in [4.78, 5) is 63.8. The van der Waals surface area contributed by atoms with Crippen LogP contribution >= 0.6 is 0 Å². The molecule has 2 saturated heterocycles. The number of hydrogen-bond donors (Lipinski definition) is 0. The van der Waals surface area contributed by atoms with Gasteiger partial charge < -0.3 is 27.8 Å². The first-order chi connectivity index (χ1) is 19.6. The zero-order valence-electron chi connectivity index (χ0n) is 27.8. The van der Waals surface area contributed by atoms with Gasteiger partial charge in [-0.3, -0.25) is 24.0 Å². The average Bonchev–Trinajstić information content (AvgIpc) is 3.09. The van der Waals surface area contributed by atoms with Gasteiger partial charge in [0, 0.05) is 0 Å². The molecule has 0 N–H and O–H groups in total. The molecule has 2 aliphatic rings. The van der Waals surface area contributed by atoms with Crippen LogP contribution in [0.3, 0.4) is 0 Å². The second-order valence-electron chi connectivity index (χ2n) is 14.8. The first-order valence-electron chi connectivity index (χ1n) is 15.1. The Morgan fingerprint density at radius 3 is 1.95 bits per heavy atom. The molecule has 2 fully saturated rings. The normalized spacial score (nSPS) is 23.7. The van der Waals surface area contributed by atoms with Gasteiger partial charge >= 0.3 is 29.8 Å². The lowest BCUT2D eigenvalue weighted by molar-refractivity contribution is -0.164. The van der Waals surface area contributed by atoms with Crippen molar-refractivity contribution in [2.75, 3.05) is 20.3 Å². The summed E-state index contributed by atoms with van der Waals surface area (Å²) < 4.78 is 33.2. The summed E-state index contributed by atoms with van der Waals surface area (Å²) in [5, 5.41) is 0. The van der Waals surface area contributed by atoms with Crippen LogP contribution < -0.4 is 0 Å².